The van der Waals surface area contributed by atoms with E-state index in [2.05, 4.69) is 36.5 Å². The zero-order valence-corrected chi connectivity index (χ0v) is 16.4. The average Bonchev–Trinajstić information content (AvgIpc) is 2.62. The van der Waals surface area contributed by atoms with E-state index in [-0.39, 0.29) is 17.6 Å². The molecule has 0 saturated carbocycles. The summed E-state index contributed by atoms with van der Waals surface area (Å²) in [6.07, 6.45) is 1.01. The molecule has 5 heteroatoms. The highest BCUT2D eigenvalue weighted by molar-refractivity contribution is 8.00. The van der Waals surface area contributed by atoms with E-state index in [0.29, 0.717) is 12.3 Å². The fourth-order valence-corrected chi connectivity index (χ4v) is 3.26. The molecule has 0 atom stereocenters. The maximum absolute atomic E-state index is 12.2. The molecule has 2 aromatic carbocycles. The molecule has 2 rings (SSSR count). The summed E-state index contributed by atoms with van der Waals surface area (Å²) in [4.78, 5) is 25.9. The number of benzene rings is 2. The molecule has 0 bridgehead atoms. The van der Waals surface area contributed by atoms with Crippen molar-refractivity contribution in [1.29, 1.82) is 0 Å². The summed E-state index contributed by atoms with van der Waals surface area (Å²) >= 11 is 1.33. The van der Waals surface area contributed by atoms with Gasteiger partial charge in [0.05, 0.1) is 11.5 Å². The van der Waals surface area contributed by atoms with Crippen molar-refractivity contribution < 1.29 is 9.59 Å². The summed E-state index contributed by atoms with van der Waals surface area (Å²) in [5, 5.41) is 2.85. The second-order valence-corrected chi connectivity index (χ2v) is 7.32. The number of hydrogen-bond donors (Lipinski definition) is 1. The number of hydrogen-bond acceptors (Lipinski definition) is 3. The van der Waals surface area contributed by atoms with Crippen molar-refractivity contribution in [2.75, 3.05) is 23.9 Å². The summed E-state index contributed by atoms with van der Waals surface area (Å²) < 4.78 is 0. The Balaban J connectivity index is 1.72. The van der Waals surface area contributed by atoms with Gasteiger partial charge in [-0.15, -0.1) is 11.8 Å². The zero-order valence-electron chi connectivity index (χ0n) is 15.6. The molecule has 0 saturated heterocycles. The zero-order chi connectivity index (χ0) is 18.9. The van der Waals surface area contributed by atoms with Crippen LogP contribution in [-0.2, 0) is 22.6 Å². The van der Waals surface area contributed by atoms with Crippen molar-refractivity contribution in [2.24, 2.45) is 0 Å². The molecule has 0 fully saturated rings. The predicted molar refractivity (Wildman–Crippen MR) is 109 cm³/mol. The van der Waals surface area contributed by atoms with Crippen LogP contribution < -0.4 is 5.32 Å². The predicted octanol–water partition coefficient (Wildman–Crippen LogP) is 3.89. The Morgan fingerprint density at radius 2 is 1.73 bits per heavy atom. The summed E-state index contributed by atoms with van der Waals surface area (Å²) in [5.41, 5.74) is 4.28. The summed E-state index contributed by atoms with van der Waals surface area (Å²) in [6.45, 7) is 4.69. The standard InChI is InChI=1S/C21H26N2O2S/c1-4-17-8-10-18(11-9-17)13-23(3)21(25)15-26-14-20(24)22-19-7-5-6-16(2)12-19/h5-12H,4,13-15H2,1-3H3,(H,22,24). The number of nitrogens with one attached hydrogen (secondary N) is 1. The van der Waals surface area contributed by atoms with Gasteiger partial charge in [0, 0.05) is 19.3 Å². The lowest BCUT2D eigenvalue weighted by atomic mass is 10.1. The Bertz CT molecular complexity index is 744. The molecule has 0 aliphatic carbocycles. The lowest BCUT2D eigenvalue weighted by Crippen LogP contribution is -2.28. The summed E-state index contributed by atoms with van der Waals surface area (Å²) in [6, 6.07) is 16.0. The first-order valence-electron chi connectivity index (χ1n) is 8.74. The first kappa shape index (κ1) is 20.0. The third-order valence-electron chi connectivity index (χ3n) is 4.04. The van der Waals surface area contributed by atoms with E-state index in [1.165, 1.54) is 17.3 Å². The van der Waals surface area contributed by atoms with Crippen molar-refractivity contribution in [3.05, 3.63) is 65.2 Å². The fraction of sp³-hybridized carbons (Fsp3) is 0.333. The third kappa shape index (κ3) is 6.56. The first-order chi connectivity index (χ1) is 12.5. The van der Waals surface area contributed by atoms with Gasteiger partial charge in [0.25, 0.3) is 0 Å². The lowest BCUT2D eigenvalue weighted by Gasteiger charge is -2.17. The Labute approximate surface area is 160 Å². The van der Waals surface area contributed by atoms with Crippen LogP contribution in [0.5, 0.6) is 0 Å². The van der Waals surface area contributed by atoms with Crippen molar-refractivity contribution in [1.82, 2.24) is 4.90 Å². The van der Waals surface area contributed by atoms with Gasteiger partial charge in [-0.25, -0.2) is 0 Å². The van der Waals surface area contributed by atoms with Crippen LogP contribution in [0.2, 0.25) is 0 Å². The van der Waals surface area contributed by atoms with E-state index in [4.69, 9.17) is 0 Å². The molecule has 0 radical (unpaired) electrons. The molecule has 4 nitrogen and oxygen atoms in total. The number of aryl methyl sites for hydroxylation is 2. The van der Waals surface area contributed by atoms with Crippen LogP contribution in [-0.4, -0.2) is 35.3 Å². The summed E-state index contributed by atoms with van der Waals surface area (Å²) in [5.74, 6) is 0.493. The van der Waals surface area contributed by atoms with Crippen LogP contribution >= 0.6 is 11.8 Å². The van der Waals surface area contributed by atoms with Crippen LogP contribution in [0.4, 0.5) is 5.69 Å². The van der Waals surface area contributed by atoms with Gasteiger partial charge < -0.3 is 10.2 Å². The third-order valence-corrected chi connectivity index (χ3v) is 4.95. The van der Waals surface area contributed by atoms with Crippen molar-refractivity contribution in [2.45, 2.75) is 26.8 Å². The molecular formula is C21H26N2O2S. The minimum absolute atomic E-state index is 0.0259. The van der Waals surface area contributed by atoms with Gasteiger partial charge in [0.1, 0.15) is 0 Å². The Kier molecular flexibility index (Phi) is 7.73. The SMILES string of the molecule is CCc1ccc(CN(C)C(=O)CSCC(=O)Nc2cccc(C)c2)cc1. The highest BCUT2D eigenvalue weighted by atomic mass is 32.2. The maximum atomic E-state index is 12.2. The number of thioether (sulfide) groups is 1. The summed E-state index contributed by atoms with van der Waals surface area (Å²) in [7, 11) is 1.80. The van der Waals surface area contributed by atoms with Gasteiger partial charge in [-0.3, -0.25) is 9.59 Å². The van der Waals surface area contributed by atoms with E-state index >= 15 is 0 Å². The first-order valence-corrected chi connectivity index (χ1v) is 9.89. The van der Waals surface area contributed by atoms with E-state index < -0.39 is 0 Å². The molecule has 26 heavy (non-hydrogen) atoms. The van der Waals surface area contributed by atoms with E-state index in [1.54, 1.807) is 11.9 Å². The molecule has 1 N–H and O–H groups in total. The fourth-order valence-electron chi connectivity index (χ4n) is 2.50. The monoisotopic (exact) mass is 370 g/mol. The number of nitrogens with zero attached hydrogens (tertiary/aromatic N) is 1. The van der Waals surface area contributed by atoms with E-state index in [1.807, 2.05) is 31.2 Å². The number of amides is 2. The van der Waals surface area contributed by atoms with Crippen molar-refractivity contribution in [3.8, 4) is 0 Å². The molecule has 0 aliphatic rings. The van der Waals surface area contributed by atoms with E-state index in [9.17, 15) is 9.59 Å². The highest BCUT2D eigenvalue weighted by Crippen LogP contribution is 2.12. The van der Waals surface area contributed by atoms with Gasteiger partial charge in [0.15, 0.2) is 0 Å². The minimum atomic E-state index is -0.0915. The minimum Gasteiger partial charge on any atom is -0.341 e. The second-order valence-electron chi connectivity index (χ2n) is 6.33. The van der Waals surface area contributed by atoms with Crippen molar-refractivity contribution in [3.63, 3.8) is 0 Å². The Morgan fingerprint density at radius 1 is 1.04 bits per heavy atom. The van der Waals surface area contributed by atoms with Crippen LogP contribution in [0, 0.1) is 6.92 Å². The quantitative estimate of drug-likeness (QED) is 0.767. The number of rotatable bonds is 8. The smallest absolute Gasteiger partial charge is 0.234 e. The van der Waals surface area contributed by atoms with Crippen molar-refractivity contribution >= 4 is 29.3 Å². The molecule has 0 heterocycles. The molecule has 0 aromatic heterocycles. The number of carbonyl (C=O) groups excluding carboxylic acids is 2. The molecule has 0 unspecified atom stereocenters. The van der Waals surface area contributed by atoms with Gasteiger partial charge >= 0.3 is 0 Å². The van der Waals surface area contributed by atoms with Gasteiger partial charge in [-0.05, 0) is 42.2 Å². The van der Waals surface area contributed by atoms with Crippen LogP contribution in [0.25, 0.3) is 0 Å². The van der Waals surface area contributed by atoms with Crippen LogP contribution in [0.15, 0.2) is 48.5 Å². The maximum Gasteiger partial charge on any atom is 0.234 e. The normalized spacial score (nSPS) is 10.4. The molecular weight excluding hydrogens is 344 g/mol. The average molecular weight is 371 g/mol. The number of anilines is 1. The lowest BCUT2D eigenvalue weighted by molar-refractivity contribution is -0.127. The molecule has 0 spiro atoms. The topological polar surface area (TPSA) is 49.4 Å². The van der Waals surface area contributed by atoms with Crippen LogP contribution in [0.1, 0.15) is 23.6 Å². The second kappa shape index (κ2) is 10.0. The van der Waals surface area contributed by atoms with E-state index in [0.717, 1.165) is 23.2 Å². The Hall–Kier alpha value is -2.27. The molecule has 2 amide bonds. The van der Waals surface area contributed by atoms with Gasteiger partial charge in [0.2, 0.25) is 11.8 Å². The van der Waals surface area contributed by atoms with Gasteiger partial charge in [-0.1, -0.05) is 43.3 Å². The molecule has 0 aliphatic heterocycles. The molecule has 138 valence electrons. The largest absolute Gasteiger partial charge is 0.341 e. The Morgan fingerprint density at radius 3 is 2.38 bits per heavy atom. The highest BCUT2D eigenvalue weighted by Gasteiger charge is 2.11. The molecule has 2 aromatic rings. The number of carbonyl (C=O) groups is 2. The van der Waals surface area contributed by atoms with Crippen LogP contribution in [0.3, 0.4) is 0 Å². The van der Waals surface area contributed by atoms with Gasteiger partial charge in [-0.2, -0.15) is 0 Å².